The highest BCUT2D eigenvalue weighted by Crippen LogP contribution is 2.42. The Labute approximate surface area is 262 Å². The first-order valence-electron chi connectivity index (χ1n) is 17.2. The third kappa shape index (κ3) is 3.75. The first-order chi connectivity index (χ1) is 23.9. The Balaban J connectivity index is 1.26. The molecule has 2 aromatic heterocycles. The van der Waals surface area contributed by atoms with Crippen LogP contribution in [-0.2, 0) is 0 Å². The number of benzene rings is 7. The van der Waals surface area contributed by atoms with Crippen LogP contribution in [0.15, 0.2) is 170 Å². The second kappa shape index (κ2) is 9.86. The molecule has 0 N–H and O–H groups in total. The molecule has 7 aromatic carbocycles. The maximum atomic E-state index is 8.46. The molecule has 44 heavy (non-hydrogen) atoms. The van der Waals surface area contributed by atoms with Crippen molar-refractivity contribution in [2.75, 3.05) is 0 Å². The lowest BCUT2D eigenvalue weighted by Crippen LogP contribution is -1.95. The van der Waals surface area contributed by atoms with E-state index in [-0.39, 0.29) is 29.7 Å². The van der Waals surface area contributed by atoms with Crippen molar-refractivity contribution in [3.63, 3.8) is 0 Å². The van der Waals surface area contributed by atoms with E-state index in [1.165, 1.54) is 27.3 Å². The third-order valence-electron chi connectivity index (χ3n) is 8.62. The van der Waals surface area contributed by atoms with Gasteiger partial charge in [0.1, 0.15) is 0 Å². The van der Waals surface area contributed by atoms with E-state index in [0.29, 0.717) is 5.56 Å². The van der Waals surface area contributed by atoms with Crippen LogP contribution in [0.2, 0.25) is 0 Å². The highest BCUT2D eigenvalue weighted by atomic mass is 15.0. The van der Waals surface area contributed by atoms with Crippen LogP contribution in [0.25, 0.3) is 77.2 Å². The molecule has 2 heterocycles. The van der Waals surface area contributed by atoms with Gasteiger partial charge in [-0.2, -0.15) is 0 Å². The fraction of sp³-hybridized carbons (Fsp3) is 0. The number of hydrogen-bond donors (Lipinski definition) is 0. The van der Waals surface area contributed by atoms with Crippen molar-refractivity contribution in [3.8, 4) is 33.6 Å². The summed E-state index contributed by atoms with van der Waals surface area (Å²) in [5.41, 5.74) is 9.53. The molecule has 2 heteroatoms. The highest BCUT2D eigenvalue weighted by Gasteiger charge is 2.20. The van der Waals surface area contributed by atoms with Crippen LogP contribution in [0, 0.1) is 0 Å². The molecule has 0 fully saturated rings. The van der Waals surface area contributed by atoms with Gasteiger partial charge in [-0.05, 0) is 70.8 Å². The van der Waals surface area contributed by atoms with Crippen LogP contribution in [0.5, 0.6) is 0 Å². The summed E-state index contributed by atoms with van der Waals surface area (Å²) in [6.07, 6.45) is 0. The minimum Gasteiger partial charge on any atom is -0.309 e. The number of aromatic nitrogens is 2. The monoisotopic (exact) mass is 565 g/mol. The average molecular weight is 566 g/mol. The summed E-state index contributed by atoms with van der Waals surface area (Å²) in [5, 5.41) is 4.67. The quantitative estimate of drug-likeness (QED) is 0.201. The molecule has 0 radical (unpaired) electrons. The van der Waals surface area contributed by atoms with Crippen LogP contribution in [-0.4, -0.2) is 9.13 Å². The van der Waals surface area contributed by atoms with Crippen LogP contribution in [0.3, 0.4) is 0 Å². The smallest absolute Gasteiger partial charge is 0.0629 e. The molecule has 0 saturated carbocycles. The standard InChI is InChI=1S/C42H28N2/c1-3-11-29(12-4-1)31-19-23-33(24-20-31)43-37-17-9-7-15-35(37)41-39(43)27-28-40-42(41)36-16-8-10-18-38(36)44(40)34-25-21-32(22-26-34)30-13-5-2-6-14-30/h1-28H/i1D,3D,4D,11D,12D. The number of para-hydroxylation sites is 2. The van der Waals surface area contributed by atoms with Gasteiger partial charge >= 0.3 is 0 Å². The van der Waals surface area contributed by atoms with Crippen LogP contribution in [0.4, 0.5) is 0 Å². The van der Waals surface area contributed by atoms with Gasteiger partial charge < -0.3 is 9.13 Å². The lowest BCUT2D eigenvalue weighted by Gasteiger charge is -2.11. The van der Waals surface area contributed by atoms with E-state index in [2.05, 4.69) is 112 Å². The lowest BCUT2D eigenvalue weighted by molar-refractivity contribution is 1.17. The van der Waals surface area contributed by atoms with Gasteiger partial charge in [-0.15, -0.1) is 0 Å². The number of hydrogen-bond acceptors (Lipinski definition) is 0. The van der Waals surface area contributed by atoms with Gasteiger partial charge in [-0.3, -0.25) is 0 Å². The topological polar surface area (TPSA) is 9.86 Å². The third-order valence-corrected chi connectivity index (χ3v) is 8.62. The summed E-state index contributed by atoms with van der Waals surface area (Å²) in [7, 11) is 0. The lowest BCUT2D eigenvalue weighted by atomic mass is 10.1. The molecular weight excluding hydrogens is 532 g/mol. The number of fused-ring (bicyclic) bond motifs is 7. The van der Waals surface area contributed by atoms with Gasteiger partial charge in [0.05, 0.1) is 28.9 Å². The van der Waals surface area contributed by atoms with Gasteiger partial charge in [0.2, 0.25) is 0 Å². The van der Waals surface area contributed by atoms with Gasteiger partial charge in [-0.1, -0.05) is 121 Å². The summed E-state index contributed by atoms with van der Waals surface area (Å²) in [4.78, 5) is 0. The Hall–Kier alpha value is -5.86. The van der Waals surface area contributed by atoms with Crippen LogP contribution < -0.4 is 0 Å². The second-order valence-electron chi connectivity index (χ2n) is 11.0. The first-order valence-corrected chi connectivity index (χ1v) is 14.7. The Morgan fingerprint density at radius 1 is 0.341 bits per heavy atom. The van der Waals surface area contributed by atoms with Crippen molar-refractivity contribution in [1.29, 1.82) is 0 Å². The Bertz CT molecular complexity index is 2710. The van der Waals surface area contributed by atoms with E-state index >= 15 is 0 Å². The van der Waals surface area contributed by atoms with Gasteiger partial charge in [0.25, 0.3) is 0 Å². The molecule has 0 atom stereocenters. The van der Waals surface area contributed by atoms with E-state index in [1.807, 2.05) is 36.4 Å². The molecule has 0 unspecified atom stereocenters. The predicted molar refractivity (Wildman–Crippen MR) is 186 cm³/mol. The van der Waals surface area contributed by atoms with Crippen molar-refractivity contribution < 1.29 is 6.85 Å². The van der Waals surface area contributed by atoms with Crippen molar-refractivity contribution in [2.24, 2.45) is 0 Å². The van der Waals surface area contributed by atoms with Crippen molar-refractivity contribution in [1.82, 2.24) is 9.13 Å². The predicted octanol–water partition coefficient (Wildman–Crippen LogP) is 11.2. The van der Waals surface area contributed by atoms with E-state index in [4.69, 9.17) is 6.85 Å². The van der Waals surface area contributed by atoms with E-state index in [1.54, 1.807) is 0 Å². The zero-order valence-electron chi connectivity index (χ0n) is 28.7. The molecule has 0 amide bonds. The average Bonchev–Trinajstić information content (AvgIpc) is 3.67. The molecule has 0 aliphatic carbocycles. The fourth-order valence-corrected chi connectivity index (χ4v) is 6.68. The number of nitrogens with zero attached hydrogens (tertiary/aromatic N) is 2. The van der Waals surface area contributed by atoms with Crippen molar-refractivity contribution in [2.45, 2.75) is 0 Å². The maximum Gasteiger partial charge on any atom is 0.0629 e. The molecule has 0 bridgehead atoms. The summed E-state index contributed by atoms with van der Waals surface area (Å²) in [5.74, 6) is 0. The summed E-state index contributed by atoms with van der Waals surface area (Å²) < 4.78 is 45.8. The van der Waals surface area contributed by atoms with E-state index in [0.717, 1.165) is 38.8 Å². The first kappa shape index (κ1) is 20.1. The van der Waals surface area contributed by atoms with E-state index < -0.39 is 6.04 Å². The molecule has 0 aliphatic rings. The van der Waals surface area contributed by atoms with Crippen molar-refractivity contribution >= 4 is 43.6 Å². The largest absolute Gasteiger partial charge is 0.309 e. The Morgan fingerprint density at radius 3 is 1.30 bits per heavy atom. The second-order valence-corrected chi connectivity index (χ2v) is 11.0. The molecule has 2 nitrogen and oxygen atoms in total. The molecule has 9 aromatic rings. The van der Waals surface area contributed by atoms with Crippen LogP contribution in [0.1, 0.15) is 6.85 Å². The molecule has 0 saturated heterocycles. The SMILES string of the molecule is [2H]c1c([2H])c([2H])c(-c2ccc(-n3c4ccccc4c4c5c6ccccc6n(-c6ccc(-c7ccccc7)cc6)c5ccc43)cc2)c([2H])c1[2H]. The molecular formula is C42H28N2. The summed E-state index contributed by atoms with van der Waals surface area (Å²) in [6, 6.07) is 46.7. The normalized spacial score (nSPS) is 13.2. The highest BCUT2D eigenvalue weighted by molar-refractivity contribution is 6.28. The molecule has 9 rings (SSSR count). The van der Waals surface area contributed by atoms with Crippen LogP contribution >= 0.6 is 0 Å². The molecule has 0 aliphatic heterocycles. The van der Waals surface area contributed by atoms with E-state index in [9.17, 15) is 0 Å². The minimum atomic E-state index is -0.391. The molecule has 0 spiro atoms. The van der Waals surface area contributed by atoms with Gasteiger partial charge in [-0.25, -0.2) is 0 Å². The summed E-state index contributed by atoms with van der Waals surface area (Å²) in [6.45, 7) is 0. The van der Waals surface area contributed by atoms with Gasteiger partial charge in [0, 0.05) is 32.9 Å². The minimum absolute atomic E-state index is 0.200. The summed E-state index contributed by atoms with van der Waals surface area (Å²) >= 11 is 0. The molecule has 206 valence electrons. The Kier molecular flexibility index (Phi) is 4.51. The fourth-order valence-electron chi connectivity index (χ4n) is 6.68. The van der Waals surface area contributed by atoms with Crippen molar-refractivity contribution in [3.05, 3.63) is 170 Å². The Morgan fingerprint density at radius 2 is 0.773 bits per heavy atom. The number of rotatable bonds is 4. The van der Waals surface area contributed by atoms with Gasteiger partial charge in [0.15, 0.2) is 0 Å². The zero-order valence-corrected chi connectivity index (χ0v) is 23.7. The maximum absolute atomic E-state index is 8.46. The zero-order chi connectivity index (χ0) is 33.4.